The van der Waals surface area contributed by atoms with Crippen LogP contribution in [0.5, 0.6) is 5.75 Å². The Kier molecular flexibility index (Phi) is 7.07. The summed E-state index contributed by atoms with van der Waals surface area (Å²) in [4.78, 5) is 5.61. The van der Waals surface area contributed by atoms with Crippen LogP contribution in [0, 0.1) is 13.8 Å². The molecule has 0 spiro atoms. The van der Waals surface area contributed by atoms with Gasteiger partial charge in [-0.3, -0.25) is 5.43 Å². The van der Waals surface area contributed by atoms with E-state index in [4.69, 9.17) is 4.74 Å². The quantitative estimate of drug-likeness (QED) is 0.392. The van der Waals surface area contributed by atoms with Crippen LogP contribution >= 0.6 is 11.3 Å². The van der Waals surface area contributed by atoms with Gasteiger partial charge in [0.1, 0.15) is 5.75 Å². The van der Waals surface area contributed by atoms with Crippen molar-refractivity contribution < 1.29 is 4.74 Å². The van der Waals surface area contributed by atoms with E-state index >= 15 is 0 Å². The maximum atomic E-state index is 5.88. The molecular formula is C18H25N3OS. The molecule has 1 aromatic carbocycles. The van der Waals surface area contributed by atoms with Crippen molar-refractivity contribution in [1.29, 1.82) is 0 Å². The van der Waals surface area contributed by atoms with Crippen LogP contribution < -0.4 is 10.2 Å². The molecule has 1 aromatic heterocycles. The first-order valence-electron chi connectivity index (χ1n) is 8.15. The molecule has 5 heteroatoms. The highest BCUT2D eigenvalue weighted by Crippen LogP contribution is 2.21. The molecule has 0 aliphatic heterocycles. The van der Waals surface area contributed by atoms with Crippen LogP contribution in [0.4, 0.5) is 5.13 Å². The van der Waals surface area contributed by atoms with Crippen LogP contribution in [0.25, 0.3) is 0 Å². The number of aromatic nitrogens is 1. The number of para-hydroxylation sites is 1. The van der Waals surface area contributed by atoms with Crippen LogP contribution in [-0.2, 0) is 0 Å². The Bertz CT molecular complexity index is 617. The minimum Gasteiger partial charge on any atom is -0.493 e. The number of hydrogen-bond acceptors (Lipinski definition) is 5. The first-order valence-corrected chi connectivity index (χ1v) is 8.97. The van der Waals surface area contributed by atoms with Gasteiger partial charge in [0.2, 0.25) is 5.13 Å². The number of unbranched alkanes of at least 4 members (excludes halogenated alkanes) is 3. The van der Waals surface area contributed by atoms with Gasteiger partial charge in [0.25, 0.3) is 0 Å². The van der Waals surface area contributed by atoms with E-state index in [9.17, 15) is 0 Å². The number of ether oxygens (including phenoxy) is 1. The van der Waals surface area contributed by atoms with Crippen molar-refractivity contribution in [2.75, 3.05) is 12.0 Å². The summed E-state index contributed by atoms with van der Waals surface area (Å²) >= 11 is 1.61. The van der Waals surface area contributed by atoms with Crippen molar-refractivity contribution in [3.05, 3.63) is 40.4 Å². The average molecular weight is 331 g/mol. The van der Waals surface area contributed by atoms with Gasteiger partial charge in [-0.2, -0.15) is 5.10 Å². The Labute approximate surface area is 142 Å². The number of hydrazone groups is 1. The van der Waals surface area contributed by atoms with Crippen LogP contribution in [0.3, 0.4) is 0 Å². The van der Waals surface area contributed by atoms with Gasteiger partial charge in [-0.1, -0.05) is 38.3 Å². The van der Waals surface area contributed by atoms with Crippen molar-refractivity contribution in [3.63, 3.8) is 0 Å². The molecule has 4 nitrogen and oxygen atoms in total. The van der Waals surface area contributed by atoms with E-state index in [0.717, 1.165) is 35.2 Å². The van der Waals surface area contributed by atoms with Gasteiger partial charge in [0.05, 0.1) is 18.5 Å². The fourth-order valence-corrected chi connectivity index (χ4v) is 2.87. The lowest BCUT2D eigenvalue weighted by Crippen LogP contribution is -2.00. The highest BCUT2D eigenvalue weighted by Gasteiger charge is 2.03. The third-order valence-electron chi connectivity index (χ3n) is 3.57. The van der Waals surface area contributed by atoms with Gasteiger partial charge in [0, 0.05) is 10.4 Å². The smallest absolute Gasteiger partial charge is 0.203 e. The number of nitrogens with zero attached hydrogens (tertiary/aromatic N) is 2. The van der Waals surface area contributed by atoms with E-state index in [1.165, 1.54) is 24.1 Å². The Balaban J connectivity index is 1.90. The summed E-state index contributed by atoms with van der Waals surface area (Å²) in [5, 5.41) is 5.09. The summed E-state index contributed by atoms with van der Waals surface area (Å²) in [6.45, 7) is 7.03. The summed E-state index contributed by atoms with van der Waals surface area (Å²) in [5.74, 6) is 0.876. The minimum atomic E-state index is 0.753. The highest BCUT2D eigenvalue weighted by atomic mass is 32.1. The molecule has 0 aliphatic carbocycles. The molecule has 0 aliphatic rings. The van der Waals surface area contributed by atoms with Gasteiger partial charge in [-0.05, 0) is 32.4 Å². The lowest BCUT2D eigenvalue weighted by atomic mass is 10.2. The van der Waals surface area contributed by atoms with E-state index in [-0.39, 0.29) is 0 Å². The molecule has 0 fully saturated rings. The Morgan fingerprint density at radius 3 is 2.78 bits per heavy atom. The van der Waals surface area contributed by atoms with Crippen molar-refractivity contribution in [2.45, 2.75) is 46.5 Å². The van der Waals surface area contributed by atoms with Gasteiger partial charge in [-0.15, -0.1) is 11.3 Å². The van der Waals surface area contributed by atoms with Crippen LogP contribution in [0.15, 0.2) is 29.4 Å². The molecule has 0 saturated carbocycles. The van der Waals surface area contributed by atoms with Gasteiger partial charge in [0.15, 0.2) is 0 Å². The van der Waals surface area contributed by atoms with Crippen LogP contribution in [0.1, 0.15) is 48.7 Å². The fourth-order valence-electron chi connectivity index (χ4n) is 2.11. The van der Waals surface area contributed by atoms with Crippen LogP contribution in [-0.4, -0.2) is 17.8 Å². The fraction of sp³-hybridized carbons (Fsp3) is 0.444. The van der Waals surface area contributed by atoms with E-state index in [1.54, 1.807) is 17.6 Å². The average Bonchev–Trinajstić information content (AvgIpc) is 2.87. The summed E-state index contributed by atoms with van der Waals surface area (Å²) in [6.07, 6.45) is 6.60. The molecule has 2 aromatic rings. The van der Waals surface area contributed by atoms with E-state index in [1.807, 2.05) is 31.2 Å². The van der Waals surface area contributed by atoms with Gasteiger partial charge in [-0.25, -0.2) is 4.98 Å². The summed E-state index contributed by atoms with van der Waals surface area (Å²) in [6, 6.07) is 7.96. The Hall–Kier alpha value is -1.88. The second-order valence-corrected chi connectivity index (χ2v) is 6.68. The molecule has 0 bridgehead atoms. The summed E-state index contributed by atoms with van der Waals surface area (Å²) in [5.41, 5.74) is 5.00. The predicted octanol–water partition coefficient (Wildman–Crippen LogP) is 5.17. The van der Waals surface area contributed by atoms with E-state index in [2.05, 4.69) is 29.4 Å². The zero-order valence-corrected chi connectivity index (χ0v) is 14.9. The van der Waals surface area contributed by atoms with E-state index in [0.29, 0.717) is 0 Å². The number of rotatable bonds is 9. The second kappa shape index (κ2) is 9.30. The Morgan fingerprint density at radius 2 is 2.04 bits per heavy atom. The van der Waals surface area contributed by atoms with Crippen molar-refractivity contribution in [1.82, 2.24) is 4.98 Å². The number of nitrogens with one attached hydrogen (secondary N) is 1. The zero-order valence-electron chi connectivity index (χ0n) is 14.1. The number of aryl methyl sites for hydroxylation is 2. The monoisotopic (exact) mass is 331 g/mol. The van der Waals surface area contributed by atoms with Crippen LogP contribution in [0.2, 0.25) is 0 Å². The topological polar surface area (TPSA) is 46.5 Å². The summed E-state index contributed by atoms with van der Waals surface area (Å²) in [7, 11) is 0. The van der Waals surface area contributed by atoms with Crippen molar-refractivity contribution >= 4 is 22.7 Å². The minimum absolute atomic E-state index is 0.753. The molecule has 1 N–H and O–H groups in total. The standard InChI is InChI=1S/C18H25N3OS/c1-4-5-6-9-12-22-17-11-8-7-10-16(17)13-19-21-18-20-14(2)15(3)23-18/h7-8,10-11,13H,4-6,9,12H2,1-3H3,(H,20,21)/b19-13+. The molecule has 0 unspecified atom stereocenters. The third kappa shape index (κ3) is 5.67. The zero-order chi connectivity index (χ0) is 16.5. The predicted molar refractivity (Wildman–Crippen MR) is 98.9 cm³/mol. The highest BCUT2D eigenvalue weighted by molar-refractivity contribution is 7.15. The largest absolute Gasteiger partial charge is 0.493 e. The Morgan fingerprint density at radius 1 is 1.22 bits per heavy atom. The molecule has 0 atom stereocenters. The normalized spacial score (nSPS) is 11.1. The van der Waals surface area contributed by atoms with Gasteiger partial charge >= 0.3 is 0 Å². The number of benzene rings is 1. The molecule has 1 heterocycles. The number of anilines is 1. The number of hydrogen-bond donors (Lipinski definition) is 1. The molecule has 0 amide bonds. The molecule has 0 saturated heterocycles. The molecule has 124 valence electrons. The molecule has 0 radical (unpaired) electrons. The number of thiazole rings is 1. The SMILES string of the molecule is CCCCCCOc1ccccc1/C=N/Nc1nc(C)c(C)s1. The summed E-state index contributed by atoms with van der Waals surface area (Å²) < 4.78 is 5.88. The van der Waals surface area contributed by atoms with Crippen molar-refractivity contribution in [2.24, 2.45) is 5.10 Å². The van der Waals surface area contributed by atoms with Gasteiger partial charge < -0.3 is 4.74 Å². The maximum absolute atomic E-state index is 5.88. The van der Waals surface area contributed by atoms with Crippen molar-refractivity contribution in [3.8, 4) is 5.75 Å². The third-order valence-corrected chi connectivity index (χ3v) is 4.54. The first kappa shape index (κ1) is 17.5. The molecular weight excluding hydrogens is 306 g/mol. The lowest BCUT2D eigenvalue weighted by molar-refractivity contribution is 0.304. The maximum Gasteiger partial charge on any atom is 0.203 e. The lowest BCUT2D eigenvalue weighted by Gasteiger charge is -2.08. The second-order valence-electron chi connectivity index (χ2n) is 5.48. The first-order chi connectivity index (χ1) is 11.2. The molecule has 23 heavy (non-hydrogen) atoms. The molecule has 2 rings (SSSR count). The van der Waals surface area contributed by atoms with E-state index < -0.39 is 0 Å².